The van der Waals surface area contributed by atoms with E-state index in [1.54, 1.807) is 19.2 Å². The fourth-order valence-electron chi connectivity index (χ4n) is 1.16. The third-order valence-electron chi connectivity index (χ3n) is 1.99. The van der Waals surface area contributed by atoms with E-state index < -0.39 is 6.43 Å². The molecule has 0 aromatic carbocycles. The van der Waals surface area contributed by atoms with Crippen LogP contribution in [0.1, 0.15) is 12.5 Å². The Morgan fingerprint density at radius 1 is 1.50 bits per heavy atom. The van der Waals surface area contributed by atoms with Crippen LogP contribution in [0.15, 0.2) is 47.4 Å². The molecule has 0 unspecified atom stereocenters. The van der Waals surface area contributed by atoms with E-state index in [2.05, 4.69) is 9.98 Å². The summed E-state index contributed by atoms with van der Waals surface area (Å²) in [6.45, 7) is 3.42. The highest BCUT2D eigenvalue weighted by Gasteiger charge is 2.06. The summed E-state index contributed by atoms with van der Waals surface area (Å²) in [6, 6.07) is 3.63. The minimum atomic E-state index is -2.61. The fourth-order valence-corrected chi connectivity index (χ4v) is 1.16. The van der Waals surface area contributed by atoms with Crippen molar-refractivity contribution in [3.63, 3.8) is 0 Å². The Kier molecular flexibility index (Phi) is 5.70. The molecule has 0 aliphatic carbocycles. The number of hydrogen-bond acceptors (Lipinski definition) is 3. The first kappa shape index (κ1) is 14.0. The summed E-state index contributed by atoms with van der Waals surface area (Å²) in [5.41, 5.74) is 0.557. The molecule has 1 aromatic heterocycles. The summed E-state index contributed by atoms with van der Waals surface area (Å²) < 4.78 is 30.1. The smallest absolute Gasteiger partial charge is 0.280 e. The van der Waals surface area contributed by atoms with Crippen LogP contribution in [0.25, 0.3) is 0 Å². The lowest BCUT2D eigenvalue weighted by Crippen LogP contribution is -1.93. The summed E-state index contributed by atoms with van der Waals surface area (Å²) in [4.78, 5) is 7.54. The Morgan fingerprint density at radius 2 is 2.28 bits per heavy atom. The maximum absolute atomic E-state index is 12.4. The molecule has 5 heteroatoms. The summed E-state index contributed by atoms with van der Waals surface area (Å²) in [5, 5.41) is 0. The van der Waals surface area contributed by atoms with Gasteiger partial charge in [0.15, 0.2) is 0 Å². The zero-order valence-electron chi connectivity index (χ0n) is 10.2. The number of hydrogen-bond donors (Lipinski definition) is 0. The Morgan fingerprint density at radius 3 is 2.89 bits per heavy atom. The Balaban J connectivity index is 2.65. The predicted molar refractivity (Wildman–Crippen MR) is 67.0 cm³/mol. The molecule has 1 aromatic rings. The van der Waals surface area contributed by atoms with Crippen LogP contribution in [0.5, 0.6) is 5.88 Å². The molecule has 0 radical (unpaired) electrons. The standard InChI is InChI=1S/C13H14F2N2O/c1-3-16-11(12(14)15)7-5-9-18-13-10(2)6-4-8-17-13/h3-9,12H,1-2H3/b9-5+,11-7-,16-3-. The Labute approximate surface area is 105 Å². The molecule has 1 heterocycles. The van der Waals surface area contributed by atoms with Crippen molar-refractivity contribution in [1.82, 2.24) is 4.98 Å². The van der Waals surface area contributed by atoms with Crippen molar-refractivity contribution in [2.24, 2.45) is 4.99 Å². The van der Waals surface area contributed by atoms with Gasteiger partial charge in [0.25, 0.3) is 6.43 Å². The number of allylic oxidation sites excluding steroid dienone is 3. The number of ether oxygens (including phenoxy) is 1. The average molecular weight is 252 g/mol. The Hall–Kier alpha value is -2.04. The largest absolute Gasteiger partial charge is 0.446 e. The van der Waals surface area contributed by atoms with Crippen LogP contribution in [0.2, 0.25) is 0 Å². The Bertz CT molecular complexity index is 468. The molecule has 18 heavy (non-hydrogen) atoms. The summed E-state index contributed by atoms with van der Waals surface area (Å²) in [5.74, 6) is 0.444. The van der Waals surface area contributed by atoms with Gasteiger partial charge in [-0.15, -0.1) is 0 Å². The van der Waals surface area contributed by atoms with Crippen molar-refractivity contribution in [3.05, 3.63) is 48.0 Å². The second-order valence-corrected chi connectivity index (χ2v) is 3.35. The molecule has 96 valence electrons. The predicted octanol–water partition coefficient (Wildman–Crippen LogP) is 3.52. The van der Waals surface area contributed by atoms with E-state index in [0.717, 1.165) is 5.56 Å². The highest BCUT2D eigenvalue weighted by atomic mass is 19.3. The minimum absolute atomic E-state index is 0.310. The van der Waals surface area contributed by atoms with Gasteiger partial charge in [-0.3, -0.25) is 4.99 Å². The summed E-state index contributed by atoms with van der Waals surface area (Å²) >= 11 is 0. The molecule has 0 fully saturated rings. The number of aryl methyl sites for hydroxylation is 1. The van der Waals surface area contributed by atoms with Crippen molar-refractivity contribution in [2.75, 3.05) is 0 Å². The van der Waals surface area contributed by atoms with E-state index >= 15 is 0 Å². The van der Waals surface area contributed by atoms with Crippen LogP contribution in [-0.4, -0.2) is 17.6 Å². The van der Waals surface area contributed by atoms with Gasteiger partial charge in [0.05, 0.1) is 6.26 Å². The van der Waals surface area contributed by atoms with E-state index in [9.17, 15) is 8.78 Å². The van der Waals surface area contributed by atoms with Crippen LogP contribution in [-0.2, 0) is 0 Å². The topological polar surface area (TPSA) is 34.5 Å². The van der Waals surface area contributed by atoms with Crippen LogP contribution in [0.3, 0.4) is 0 Å². The second-order valence-electron chi connectivity index (χ2n) is 3.35. The molecule has 0 N–H and O–H groups in total. The quantitative estimate of drug-likeness (QED) is 0.456. The van der Waals surface area contributed by atoms with Gasteiger partial charge < -0.3 is 4.74 Å². The molecule has 0 aliphatic rings. The van der Waals surface area contributed by atoms with Gasteiger partial charge in [0, 0.05) is 18.0 Å². The highest BCUT2D eigenvalue weighted by Crippen LogP contribution is 2.13. The van der Waals surface area contributed by atoms with Crippen LogP contribution < -0.4 is 4.74 Å². The molecule has 0 atom stereocenters. The van der Waals surface area contributed by atoms with Gasteiger partial charge in [0.1, 0.15) is 5.70 Å². The highest BCUT2D eigenvalue weighted by molar-refractivity contribution is 5.55. The maximum Gasteiger partial charge on any atom is 0.280 e. The van der Waals surface area contributed by atoms with Crippen molar-refractivity contribution >= 4 is 6.21 Å². The average Bonchev–Trinajstić information content (AvgIpc) is 2.35. The number of pyridine rings is 1. The van der Waals surface area contributed by atoms with Crippen LogP contribution in [0, 0.1) is 6.92 Å². The first-order valence-electron chi connectivity index (χ1n) is 5.37. The van der Waals surface area contributed by atoms with Crippen LogP contribution >= 0.6 is 0 Å². The maximum atomic E-state index is 12.4. The molecular weight excluding hydrogens is 238 g/mol. The monoisotopic (exact) mass is 252 g/mol. The molecule has 0 aliphatic heterocycles. The SMILES string of the molecule is C\C=N/C(=C\C=C\Oc1ncccc1C)C(F)F. The van der Waals surface area contributed by atoms with E-state index in [1.165, 1.54) is 24.6 Å². The molecule has 1 rings (SSSR count). The van der Waals surface area contributed by atoms with Crippen molar-refractivity contribution < 1.29 is 13.5 Å². The lowest BCUT2D eigenvalue weighted by atomic mass is 10.3. The van der Waals surface area contributed by atoms with E-state index in [1.807, 2.05) is 13.0 Å². The zero-order valence-corrected chi connectivity index (χ0v) is 10.2. The number of nitrogens with zero attached hydrogens (tertiary/aromatic N) is 2. The molecule has 0 bridgehead atoms. The summed E-state index contributed by atoms with van der Waals surface area (Å²) in [6.07, 6.45) is 4.16. The third kappa shape index (κ3) is 4.45. The number of halogens is 2. The zero-order chi connectivity index (χ0) is 13.4. The van der Waals surface area contributed by atoms with E-state index in [4.69, 9.17) is 4.74 Å². The fraction of sp³-hybridized carbons (Fsp3) is 0.231. The lowest BCUT2D eigenvalue weighted by Gasteiger charge is -2.01. The van der Waals surface area contributed by atoms with Gasteiger partial charge in [-0.25, -0.2) is 13.8 Å². The molecule has 0 spiro atoms. The molecule has 0 saturated carbocycles. The normalized spacial score (nSPS) is 12.8. The van der Waals surface area contributed by atoms with Gasteiger partial charge in [0.2, 0.25) is 5.88 Å². The van der Waals surface area contributed by atoms with Gasteiger partial charge in [-0.1, -0.05) is 6.07 Å². The molecule has 0 amide bonds. The van der Waals surface area contributed by atoms with Gasteiger partial charge in [-0.2, -0.15) is 0 Å². The number of rotatable bonds is 5. The summed E-state index contributed by atoms with van der Waals surface area (Å²) in [7, 11) is 0. The number of aromatic nitrogens is 1. The van der Waals surface area contributed by atoms with E-state index in [-0.39, 0.29) is 5.70 Å². The second kappa shape index (κ2) is 7.32. The lowest BCUT2D eigenvalue weighted by molar-refractivity contribution is 0.188. The first-order chi connectivity index (χ1) is 8.65. The van der Waals surface area contributed by atoms with Crippen molar-refractivity contribution in [1.29, 1.82) is 0 Å². The van der Waals surface area contributed by atoms with Crippen LogP contribution in [0.4, 0.5) is 8.78 Å². The van der Waals surface area contributed by atoms with Crippen molar-refractivity contribution in [3.8, 4) is 5.88 Å². The minimum Gasteiger partial charge on any atom is -0.446 e. The number of alkyl halides is 2. The first-order valence-corrected chi connectivity index (χ1v) is 5.37. The third-order valence-corrected chi connectivity index (χ3v) is 1.99. The van der Waals surface area contributed by atoms with Gasteiger partial charge >= 0.3 is 0 Å². The molecule has 3 nitrogen and oxygen atoms in total. The van der Waals surface area contributed by atoms with Gasteiger partial charge in [-0.05, 0) is 32.1 Å². The molecule has 0 saturated heterocycles. The van der Waals surface area contributed by atoms with Crippen molar-refractivity contribution in [2.45, 2.75) is 20.3 Å². The van der Waals surface area contributed by atoms with E-state index in [0.29, 0.717) is 5.88 Å². The molecular formula is C13H14F2N2O. The number of aliphatic imine (C=N–C) groups is 1.